The molecule has 0 aliphatic carbocycles. The monoisotopic (exact) mass is 642 g/mol. The highest BCUT2D eigenvalue weighted by atomic mass is 16.4. The number of benzene rings is 8. The van der Waals surface area contributed by atoms with Gasteiger partial charge in [-0.15, -0.1) is 0 Å². The summed E-state index contributed by atoms with van der Waals surface area (Å²) in [7, 11) is 0. The fourth-order valence-electron chi connectivity index (χ4n) is 7.33. The molecule has 50 heavy (non-hydrogen) atoms. The molecule has 0 aliphatic heterocycles. The Balaban J connectivity index is 1.11. The molecule has 0 bridgehead atoms. The van der Waals surface area contributed by atoms with Gasteiger partial charge in [-0.25, -0.2) is 0 Å². The topological polar surface area (TPSA) is 32.8 Å². The molecule has 4 nitrogen and oxygen atoms in total. The molecule has 10 rings (SSSR count). The standard InChI is InChI=1S/C46H30N2O2/c1-3-17-33(18-4-1)47(41-23-11-15-31-13-7-9-21-37(31)41)35-25-27-39-43(29-35)49-46-40-28-26-36(30-44(40)50-45(39)46)48(34-19-5-2-6-20-34)42-24-12-16-32-14-8-10-22-38(32)42/h1-30H. The summed E-state index contributed by atoms with van der Waals surface area (Å²) in [5.41, 5.74) is 9.46. The van der Waals surface area contributed by atoms with Gasteiger partial charge in [0.05, 0.1) is 22.1 Å². The van der Waals surface area contributed by atoms with E-state index in [1.165, 1.54) is 21.5 Å². The maximum atomic E-state index is 6.65. The van der Waals surface area contributed by atoms with Crippen LogP contribution in [0.3, 0.4) is 0 Å². The van der Waals surface area contributed by atoms with Gasteiger partial charge in [0.15, 0.2) is 11.2 Å². The minimum Gasteiger partial charge on any atom is -0.452 e. The molecule has 0 N–H and O–H groups in total. The van der Waals surface area contributed by atoms with Gasteiger partial charge in [-0.05, 0) is 71.4 Å². The lowest BCUT2D eigenvalue weighted by molar-refractivity contribution is 0.653. The minimum absolute atomic E-state index is 0.756. The highest BCUT2D eigenvalue weighted by molar-refractivity contribution is 6.14. The predicted molar refractivity (Wildman–Crippen MR) is 208 cm³/mol. The average Bonchev–Trinajstić information content (AvgIpc) is 3.71. The smallest absolute Gasteiger partial charge is 0.181 e. The lowest BCUT2D eigenvalue weighted by Gasteiger charge is -2.26. The third kappa shape index (κ3) is 4.54. The van der Waals surface area contributed by atoms with Gasteiger partial charge in [-0.1, -0.05) is 109 Å². The Morgan fingerprint density at radius 2 is 0.700 bits per heavy atom. The largest absolute Gasteiger partial charge is 0.452 e. The van der Waals surface area contributed by atoms with Crippen LogP contribution in [-0.2, 0) is 0 Å². The molecule has 0 aliphatic rings. The van der Waals surface area contributed by atoms with Crippen molar-refractivity contribution in [2.24, 2.45) is 0 Å². The number of hydrogen-bond donors (Lipinski definition) is 0. The first-order chi connectivity index (χ1) is 24.8. The lowest BCUT2D eigenvalue weighted by atomic mass is 10.1. The minimum atomic E-state index is 0.756. The van der Waals surface area contributed by atoms with E-state index in [9.17, 15) is 0 Å². The van der Waals surface area contributed by atoms with Crippen LogP contribution in [0.1, 0.15) is 0 Å². The van der Waals surface area contributed by atoms with E-state index in [4.69, 9.17) is 8.83 Å². The normalized spacial score (nSPS) is 11.6. The second-order valence-electron chi connectivity index (χ2n) is 12.6. The number of rotatable bonds is 6. The van der Waals surface area contributed by atoms with Crippen molar-refractivity contribution in [3.63, 3.8) is 0 Å². The summed E-state index contributed by atoms with van der Waals surface area (Å²) in [5, 5.41) is 6.64. The van der Waals surface area contributed by atoms with Crippen LogP contribution >= 0.6 is 0 Å². The zero-order valence-electron chi connectivity index (χ0n) is 27.0. The molecule has 0 saturated heterocycles. The van der Waals surface area contributed by atoms with Gasteiger partial charge in [0.25, 0.3) is 0 Å². The van der Waals surface area contributed by atoms with Crippen molar-refractivity contribution in [2.45, 2.75) is 0 Å². The molecule has 2 aromatic heterocycles. The van der Waals surface area contributed by atoms with E-state index in [1.807, 2.05) is 12.1 Å². The van der Waals surface area contributed by atoms with E-state index in [-0.39, 0.29) is 0 Å². The Bertz CT molecular complexity index is 2630. The molecule has 236 valence electrons. The highest BCUT2D eigenvalue weighted by Gasteiger charge is 2.22. The molecule has 0 atom stereocenters. The summed E-state index contributed by atoms with van der Waals surface area (Å²) in [6.45, 7) is 0. The fraction of sp³-hybridized carbons (Fsp3) is 0. The van der Waals surface area contributed by atoms with Crippen molar-refractivity contribution in [2.75, 3.05) is 9.80 Å². The number of fused-ring (bicyclic) bond motifs is 7. The molecular formula is C46H30N2O2. The molecular weight excluding hydrogens is 613 g/mol. The van der Waals surface area contributed by atoms with E-state index in [1.54, 1.807) is 0 Å². The van der Waals surface area contributed by atoms with Crippen molar-refractivity contribution < 1.29 is 8.83 Å². The van der Waals surface area contributed by atoms with E-state index < -0.39 is 0 Å². The quantitative estimate of drug-likeness (QED) is 0.181. The van der Waals surface area contributed by atoms with Crippen LogP contribution in [0.25, 0.3) is 54.6 Å². The van der Waals surface area contributed by atoms with Gasteiger partial charge < -0.3 is 18.6 Å². The van der Waals surface area contributed by atoms with Crippen molar-refractivity contribution in [3.8, 4) is 0 Å². The van der Waals surface area contributed by atoms with Gasteiger partial charge >= 0.3 is 0 Å². The van der Waals surface area contributed by atoms with Gasteiger partial charge in [0, 0.05) is 45.7 Å². The Labute approximate surface area is 288 Å². The average molecular weight is 643 g/mol. The summed E-state index contributed by atoms with van der Waals surface area (Å²) < 4.78 is 13.3. The van der Waals surface area contributed by atoms with E-state index in [2.05, 4.69) is 180 Å². The summed E-state index contributed by atoms with van der Waals surface area (Å²) in [6, 6.07) is 63.7. The zero-order valence-corrected chi connectivity index (χ0v) is 27.0. The van der Waals surface area contributed by atoms with Crippen LogP contribution in [0.4, 0.5) is 34.1 Å². The molecule has 8 aromatic carbocycles. The lowest BCUT2D eigenvalue weighted by Crippen LogP contribution is -2.10. The number of hydrogen-bond acceptors (Lipinski definition) is 4. The van der Waals surface area contributed by atoms with Gasteiger partial charge in [-0.2, -0.15) is 0 Å². The molecule has 0 unspecified atom stereocenters. The summed E-state index contributed by atoms with van der Waals surface area (Å²) in [6.07, 6.45) is 0. The third-order valence-electron chi connectivity index (χ3n) is 9.61. The molecule has 0 fully saturated rings. The predicted octanol–water partition coefficient (Wildman–Crippen LogP) is 13.6. The van der Waals surface area contributed by atoms with E-state index in [0.29, 0.717) is 0 Å². The van der Waals surface area contributed by atoms with Crippen molar-refractivity contribution >= 4 is 88.8 Å². The number of nitrogens with zero attached hydrogens (tertiary/aromatic N) is 2. The van der Waals surface area contributed by atoms with Crippen LogP contribution in [0, 0.1) is 0 Å². The Hall–Kier alpha value is -6.78. The summed E-state index contributed by atoms with van der Waals surface area (Å²) in [5.74, 6) is 0. The Kier molecular flexibility index (Phi) is 6.46. The second kappa shape index (κ2) is 11.4. The Morgan fingerprint density at radius 3 is 1.16 bits per heavy atom. The SMILES string of the molecule is c1ccc(N(c2ccc3c(c2)oc2c4ccc(N(c5ccccc5)c5cccc6ccccc56)cc4oc32)c2cccc3ccccc23)cc1. The molecule has 10 aromatic rings. The third-order valence-corrected chi connectivity index (χ3v) is 9.61. The molecule has 0 amide bonds. The maximum Gasteiger partial charge on any atom is 0.181 e. The summed E-state index contributed by atoms with van der Waals surface area (Å²) >= 11 is 0. The van der Waals surface area contributed by atoms with Gasteiger partial charge in [0.2, 0.25) is 0 Å². The summed E-state index contributed by atoms with van der Waals surface area (Å²) in [4.78, 5) is 4.59. The Morgan fingerprint density at radius 1 is 0.300 bits per heavy atom. The fourth-order valence-corrected chi connectivity index (χ4v) is 7.33. The maximum absolute atomic E-state index is 6.65. The number of para-hydroxylation sites is 2. The van der Waals surface area contributed by atoms with E-state index in [0.717, 1.165) is 67.2 Å². The van der Waals surface area contributed by atoms with Crippen molar-refractivity contribution in [1.29, 1.82) is 0 Å². The molecule has 0 saturated carbocycles. The first kappa shape index (κ1) is 28.3. The van der Waals surface area contributed by atoms with Crippen LogP contribution < -0.4 is 9.80 Å². The van der Waals surface area contributed by atoms with E-state index >= 15 is 0 Å². The molecule has 4 heteroatoms. The van der Waals surface area contributed by atoms with Crippen LogP contribution in [-0.4, -0.2) is 0 Å². The van der Waals surface area contributed by atoms with Crippen LogP contribution in [0.2, 0.25) is 0 Å². The molecule has 2 heterocycles. The number of furan rings is 2. The van der Waals surface area contributed by atoms with Crippen LogP contribution in [0.15, 0.2) is 191 Å². The molecule has 0 spiro atoms. The molecule has 0 radical (unpaired) electrons. The van der Waals surface area contributed by atoms with Gasteiger partial charge in [0.1, 0.15) is 11.2 Å². The first-order valence-electron chi connectivity index (χ1n) is 16.8. The second-order valence-corrected chi connectivity index (χ2v) is 12.6. The zero-order chi connectivity index (χ0) is 33.0. The van der Waals surface area contributed by atoms with Crippen molar-refractivity contribution in [3.05, 3.63) is 182 Å². The van der Waals surface area contributed by atoms with Crippen molar-refractivity contribution in [1.82, 2.24) is 0 Å². The van der Waals surface area contributed by atoms with Crippen LogP contribution in [0.5, 0.6) is 0 Å². The number of anilines is 6. The first-order valence-corrected chi connectivity index (χ1v) is 16.8. The van der Waals surface area contributed by atoms with Gasteiger partial charge in [-0.3, -0.25) is 0 Å². The highest BCUT2D eigenvalue weighted by Crippen LogP contribution is 2.45.